The summed E-state index contributed by atoms with van der Waals surface area (Å²) in [6, 6.07) is 5.77. The third-order valence-corrected chi connectivity index (χ3v) is 6.46. The highest BCUT2D eigenvalue weighted by Crippen LogP contribution is 2.36. The molecule has 0 fully saturated rings. The Balaban J connectivity index is 2.43. The fourth-order valence-corrected chi connectivity index (χ4v) is 3.45. The lowest BCUT2D eigenvalue weighted by Crippen LogP contribution is -2.45. The summed E-state index contributed by atoms with van der Waals surface area (Å²) in [6.07, 6.45) is 2.37. The van der Waals surface area contributed by atoms with Crippen molar-refractivity contribution in [3.8, 4) is 5.75 Å². The van der Waals surface area contributed by atoms with Crippen LogP contribution in [-0.4, -0.2) is 32.1 Å². The quantitative estimate of drug-likeness (QED) is 0.907. The minimum Gasteiger partial charge on any atom is -0.490 e. The highest BCUT2D eigenvalue weighted by molar-refractivity contribution is 7.92. The van der Waals surface area contributed by atoms with Crippen molar-refractivity contribution in [3.63, 3.8) is 0 Å². The monoisotopic (exact) mass is 311 g/mol. The molecule has 0 spiro atoms. The van der Waals surface area contributed by atoms with Crippen LogP contribution < -0.4 is 10.1 Å². The number of fused-ring (bicyclic) bond motifs is 1. The molecule has 1 N–H and O–H groups in total. The van der Waals surface area contributed by atoms with Crippen molar-refractivity contribution in [1.29, 1.82) is 0 Å². The van der Waals surface area contributed by atoms with Crippen molar-refractivity contribution < 1.29 is 13.2 Å². The molecule has 0 saturated heterocycles. The van der Waals surface area contributed by atoms with Gasteiger partial charge in [0.05, 0.1) is 10.8 Å². The lowest BCUT2D eigenvalue weighted by molar-refractivity contribution is 0.254. The molecule has 0 radical (unpaired) electrons. The van der Waals surface area contributed by atoms with Crippen LogP contribution in [0.2, 0.25) is 0 Å². The predicted octanol–water partition coefficient (Wildman–Crippen LogP) is 2.48. The average Bonchev–Trinajstić information content (AvgIpc) is 2.73. The number of rotatable bonds is 5. The van der Waals surface area contributed by atoms with Crippen LogP contribution in [0.25, 0.3) is 0 Å². The summed E-state index contributed by atoms with van der Waals surface area (Å²) in [5.41, 5.74) is 2.16. The Morgan fingerprint density at radius 2 is 2.10 bits per heavy atom. The highest BCUT2D eigenvalue weighted by Gasteiger charge is 2.40. The summed E-state index contributed by atoms with van der Waals surface area (Å²) in [5.74, 6) is 0.915. The molecule has 0 amide bonds. The van der Waals surface area contributed by atoms with Gasteiger partial charge in [-0.15, -0.1) is 0 Å². The Morgan fingerprint density at radius 1 is 1.43 bits per heavy atom. The largest absolute Gasteiger partial charge is 0.490 e. The van der Waals surface area contributed by atoms with E-state index in [9.17, 15) is 8.42 Å². The van der Waals surface area contributed by atoms with E-state index in [1.807, 2.05) is 26.0 Å². The molecule has 0 aromatic heterocycles. The Hall–Kier alpha value is -1.07. The third kappa shape index (κ3) is 3.09. The second kappa shape index (κ2) is 5.61. The maximum absolute atomic E-state index is 12.2. The first-order chi connectivity index (χ1) is 9.66. The van der Waals surface area contributed by atoms with E-state index >= 15 is 0 Å². The second-order valence-corrected chi connectivity index (χ2v) is 8.96. The lowest BCUT2D eigenvalue weighted by Gasteiger charge is -2.34. The van der Waals surface area contributed by atoms with Gasteiger partial charge in [-0.05, 0) is 44.5 Å². The molecule has 1 aliphatic rings. The molecule has 0 aliphatic carbocycles. The molecule has 1 aromatic rings. The summed E-state index contributed by atoms with van der Waals surface area (Å²) in [4.78, 5) is 0. The molecule has 2 rings (SSSR count). The van der Waals surface area contributed by atoms with Gasteiger partial charge in [0.1, 0.15) is 11.9 Å². The van der Waals surface area contributed by atoms with Crippen LogP contribution in [0.1, 0.15) is 44.9 Å². The summed E-state index contributed by atoms with van der Waals surface area (Å²) in [5, 5.41) is 3.33. The molecular formula is C16H25NO3S. The van der Waals surface area contributed by atoms with Crippen LogP contribution in [0, 0.1) is 0 Å². The minimum atomic E-state index is -3.19. The molecule has 2 atom stereocenters. The Bertz CT molecular complexity index is 622. The molecule has 1 aliphatic heterocycles. The number of benzene rings is 1. The first kappa shape index (κ1) is 16.3. The fraction of sp³-hybridized carbons (Fsp3) is 0.625. The summed E-state index contributed by atoms with van der Waals surface area (Å²) < 4.78 is 29.2. The van der Waals surface area contributed by atoms with E-state index in [-0.39, 0.29) is 12.1 Å². The summed E-state index contributed by atoms with van der Waals surface area (Å²) in [6.45, 7) is 8.31. The maximum atomic E-state index is 12.2. The van der Waals surface area contributed by atoms with Gasteiger partial charge in [0.25, 0.3) is 0 Å². The molecule has 5 heteroatoms. The van der Waals surface area contributed by atoms with Gasteiger partial charge < -0.3 is 10.1 Å². The standard InChI is InChI=1S/C16H25NO3S/c1-6-17-15(16(3,4)21(5,18)19)12-7-8-14-13(10-12)9-11(2)20-14/h7-8,10-11,15,17H,6,9H2,1-5H3. The van der Waals surface area contributed by atoms with Gasteiger partial charge in [-0.25, -0.2) is 8.42 Å². The number of sulfone groups is 1. The minimum absolute atomic E-state index is 0.191. The second-order valence-electron chi connectivity index (χ2n) is 6.37. The highest BCUT2D eigenvalue weighted by atomic mass is 32.2. The number of hydrogen-bond acceptors (Lipinski definition) is 4. The normalized spacial score (nSPS) is 20.0. The lowest BCUT2D eigenvalue weighted by atomic mass is 9.93. The molecule has 0 saturated carbocycles. The van der Waals surface area contributed by atoms with E-state index < -0.39 is 14.6 Å². The van der Waals surface area contributed by atoms with E-state index in [4.69, 9.17) is 4.74 Å². The van der Waals surface area contributed by atoms with Crippen molar-refractivity contribution in [2.75, 3.05) is 12.8 Å². The summed E-state index contributed by atoms with van der Waals surface area (Å²) >= 11 is 0. The predicted molar refractivity (Wildman–Crippen MR) is 85.6 cm³/mol. The number of nitrogens with one attached hydrogen (secondary N) is 1. The zero-order valence-corrected chi connectivity index (χ0v) is 14.3. The first-order valence-corrected chi connectivity index (χ1v) is 9.28. The van der Waals surface area contributed by atoms with Gasteiger partial charge >= 0.3 is 0 Å². The third-order valence-electron chi connectivity index (χ3n) is 4.31. The van der Waals surface area contributed by atoms with Gasteiger partial charge in [0.15, 0.2) is 9.84 Å². The smallest absolute Gasteiger partial charge is 0.154 e. The van der Waals surface area contributed by atoms with E-state index in [0.717, 1.165) is 23.3 Å². The molecular weight excluding hydrogens is 286 g/mol. The molecule has 4 nitrogen and oxygen atoms in total. The molecule has 0 bridgehead atoms. The molecule has 118 valence electrons. The number of ether oxygens (including phenoxy) is 1. The molecule has 2 unspecified atom stereocenters. The van der Waals surface area contributed by atoms with E-state index in [1.54, 1.807) is 13.8 Å². The van der Waals surface area contributed by atoms with Crippen LogP contribution in [0.4, 0.5) is 0 Å². The van der Waals surface area contributed by atoms with Crippen molar-refractivity contribution >= 4 is 9.84 Å². The summed E-state index contributed by atoms with van der Waals surface area (Å²) in [7, 11) is -3.19. The van der Waals surface area contributed by atoms with Crippen LogP contribution in [-0.2, 0) is 16.3 Å². The molecule has 1 heterocycles. The van der Waals surface area contributed by atoms with Crippen molar-refractivity contribution in [3.05, 3.63) is 29.3 Å². The van der Waals surface area contributed by atoms with Gasteiger partial charge in [0, 0.05) is 12.7 Å². The van der Waals surface area contributed by atoms with Crippen molar-refractivity contribution in [1.82, 2.24) is 5.32 Å². The van der Waals surface area contributed by atoms with Crippen LogP contribution in [0.5, 0.6) is 5.75 Å². The zero-order valence-electron chi connectivity index (χ0n) is 13.4. The van der Waals surface area contributed by atoms with Gasteiger partial charge in [-0.2, -0.15) is 0 Å². The van der Waals surface area contributed by atoms with Crippen molar-refractivity contribution in [2.24, 2.45) is 0 Å². The number of hydrogen-bond donors (Lipinski definition) is 1. The Morgan fingerprint density at radius 3 is 2.67 bits per heavy atom. The van der Waals surface area contributed by atoms with Gasteiger partial charge in [-0.1, -0.05) is 19.1 Å². The van der Waals surface area contributed by atoms with Crippen LogP contribution in [0.3, 0.4) is 0 Å². The maximum Gasteiger partial charge on any atom is 0.154 e. The Kier molecular flexibility index (Phi) is 4.36. The van der Waals surface area contributed by atoms with E-state index in [1.165, 1.54) is 6.26 Å². The van der Waals surface area contributed by atoms with Gasteiger partial charge in [-0.3, -0.25) is 0 Å². The SMILES string of the molecule is CCNC(c1ccc2c(c1)CC(C)O2)C(C)(C)S(C)(=O)=O. The van der Waals surface area contributed by atoms with Gasteiger partial charge in [0.2, 0.25) is 0 Å². The molecule has 21 heavy (non-hydrogen) atoms. The fourth-order valence-electron chi connectivity index (χ4n) is 2.80. The van der Waals surface area contributed by atoms with Crippen LogP contribution in [0.15, 0.2) is 18.2 Å². The first-order valence-electron chi connectivity index (χ1n) is 7.39. The molecule has 1 aromatic carbocycles. The average molecular weight is 311 g/mol. The topological polar surface area (TPSA) is 55.4 Å². The zero-order chi connectivity index (χ0) is 15.8. The van der Waals surface area contributed by atoms with Crippen LogP contribution >= 0.6 is 0 Å². The van der Waals surface area contributed by atoms with Crippen molar-refractivity contribution in [2.45, 2.75) is 51.0 Å². The van der Waals surface area contributed by atoms with E-state index in [0.29, 0.717) is 6.54 Å². The Labute approximate surface area is 127 Å². The van der Waals surface area contributed by atoms with E-state index in [2.05, 4.69) is 11.4 Å².